The molecule has 92 valence electrons. The SMILES string of the molecule is Nc1ccccc1NC(=O)CCSC1COC1. The number of carbonyl (C=O) groups excluding carboxylic acids is 1. The molecular formula is C12H16N2O2S. The summed E-state index contributed by atoms with van der Waals surface area (Å²) in [4.78, 5) is 11.6. The van der Waals surface area contributed by atoms with Crippen LogP contribution in [0, 0.1) is 0 Å². The van der Waals surface area contributed by atoms with Crippen molar-refractivity contribution in [3.8, 4) is 0 Å². The van der Waals surface area contributed by atoms with Crippen molar-refractivity contribution < 1.29 is 9.53 Å². The molecule has 1 amide bonds. The van der Waals surface area contributed by atoms with Gasteiger partial charge in [-0.05, 0) is 12.1 Å². The number of nitrogens with one attached hydrogen (secondary N) is 1. The van der Waals surface area contributed by atoms with Crippen LogP contribution in [0.3, 0.4) is 0 Å². The number of anilines is 2. The maximum Gasteiger partial charge on any atom is 0.225 e. The second-order valence-electron chi connectivity index (χ2n) is 3.92. The maximum atomic E-state index is 11.6. The molecule has 1 aliphatic rings. The third kappa shape index (κ3) is 3.64. The zero-order chi connectivity index (χ0) is 12.1. The highest BCUT2D eigenvalue weighted by Gasteiger charge is 2.18. The molecule has 0 radical (unpaired) electrons. The molecule has 0 aromatic heterocycles. The van der Waals surface area contributed by atoms with Gasteiger partial charge in [-0.3, -0.25) is 4.79 Å². The third-order valence-electron chi connectivity index (χ3n) is 2.53. The lowest BCUT2D eigenvalue weighted by Gasteiger charge is -2.24. The molecule has 1 aromatic rings. The Kier molecular flexibility index (Phi) is 4.28. The molecule has 5 heteroatoms. The molecule has 0 saturated carbocycles. The van der Waals surface area contributed by atoms with E-state index >= 15 is 0 Å². The van der Waals surface area contributed by atoms with E-state index in [1.165, 1.54) is 0 Å². The second-order valence-corrected chi connectivity index (χ2v) is 5.32. The van der Waals surface area contributed by atoms with Crippen molar-refractivity contribution in [2.75, 3.05) is 30.0 Å². The quantitative estimate of drug-likeness (QED) is 0.783. The van der Waals surface area contributed by atoms with E-state index in [2.05, 4.69) is 5.32 Å². The monoisotopic (exact) mass is 252 g/mol. The largest absolute Gasteiger partial charge is 0.397 e. The highest BCUT2D eigenvalue weighted by Crippen LogP contribution is 2.20. The molecule has 1 saturated heterocycles. The number of benzene rings is 1. The molecule has 0 unspecified atom stereocenters. The highest BCUT2D eigenvalue weighted by atomic mass is 32.2. The van der Waals surface area contributed by atoms with E-state index in [0.29, 0.717) is 23.0 Å². The van der Waals surface area contributed by atoms with Crippen molar-refractivity contribution >= 4 is 29.0 Å². The Labute approximate surface area is 105 Å². The van der Waals surface area contributed by atoms with Crippen molar-refractivity contribution in [2.45, 2.75) is 11.7 Å². The van der Waals surface area contributed by atoms with Crippen LogP contribution in [-0.2, 0) is 9.53 Å². The first-order valence-corrected chi connectivity index (χ1v) is 6.64. The van der Waals surface area contributed by atoms with E-state index in [9.17, 15) is 4.79 Å². The summed E-state index contributed by atoms with van der Waals surface area (Å²) in [7, 11) is 0. The summed E-state index contributed by atoms with van der Waals surface area (Å²) in [5.41, 5.74) is 7.03. The topological polar surface area (TPSA) is 64.3 Å². The van der Waals surface area contributed by atoms with Crippen LogP contribution in [0.2, 0.25) is 0 Å². The number of thioether (sulfide) groups is 1. The van der Waals surface area contributed by atoms with Crippen LogP contribution in [0.4, 0.5) is 11.4 Å². The number of rotatable bonds is 5. The van der Waals surface area contributed by atoms with Crippen LogP contribution in [0.5, 0.6) is 0 Å². The van der Waals surface area contributed by atoms with Crippen molar-refractivity contribution in [2.24, 2.45) is 0 Å². The number of nitrogens with two attached hydrogens (primary N) is 1. The molecule has 2 rings (SSSR count). The molecule has 3 N–H and O–H groups in total. The fourth-order valence-corrected chi connectivity index (χ4v) is 2.47. The van der Waals surface area contributed by atoms with E-state index in [1.54, 1.807) is 23.9 Å². The normalized spacial score (nSPS) is 15.3. The van der Waals surface area contributed by atoms with Crippen molar-refractivity contribution in [3.63, 3.8) is 0 Å². The number of hydrogen-bond acceptors (Lipinski definition) is 4. The summed E-state index contributed by atoms with van der Waals surface area (Å²) >= 11 is 1.79. The van der Waals surface area contributed by atoms with E-state index in [0.717, 1.165) is 19.0 Å². The van der Waals surface area contributed by atoms with Crippen molar-refractivity contribution in [3.05, 3.63) is 24.3 Å². The summed E-state index contributed by atoms with van der Waals surface area (Å²) in [5.74, 6) is 0.836. The number of nitrogen functional groups attached to an aromatic ring is 1. The standard InChI is InChI=1S/C12H16N2O2S/c13-10-3-1-2-4-11(10)14-12(15)5-6-17-9-7-16-8-9/h1-4,9H,5-8,13H2,(H,14,15). The smallest absolute Gasteiger partial charge is 0.225 e. The van der Waals surface area contributed by atoms with Crippen LogP contribution in [0.15, 0.2) is 24.3 Å². The molecule has 0 spiro atoms. The van der Waals surface area contributed by atoms with E-state index in [-0.39, 0.29) is 5.91 Å². The van der Waals surface area contributed by atoms with Crippen LogP contribution in [0.1, 0.15) is 6.42 Å². The lowest BCUT2D eigenvalue weighted by molar-refractivity contribution is -0.115. The minimum Gasteiger partial charge on any atom is -0.397 e. The van der Waals surface area contributed by atoms with E-state index in [1.807, 2.05) is 12.1 Å². The van der Waals surface area contributed by atoms with Gasteiger partial charge in [0.05, 0.1) is 29.8 Å². The Balaban J connectivity index is 1.71. The molecule has 4 nitrogen and oxygen atoms in total. The van der Waals surface area contributed by atoms with Gasteiger partial charge in [-0.1, -0.05) is 12.1 Å². The molecule has 0 aliphatic carbocycles. The molecule has 0 bridgehead atoms. The fraction of sp³-hybridized carbons (Fsp3) is 0.417. The number of para-hydroxylation sites is 2. The van der Waals surface area contributed by atoms with Gasteiger partial charge in [0.1, 0.15) is 0 Å². The summed E-state index contributed by atoms with van der Waals surface area (Å²) < 4.78 is 5.07. The molecular weight excluding hydrogens is 236 g/mol. The zero-order valence-corrected chi connectivity index (χ0v) is 10.3. The Hall–Kier alpha value is -1.20. The molecule has 17 heavy (non-hydrogen) atoms. The lowest BCUT2D eigenvalue weighted by atomic mass is 10.2. The average Bonchev–Trinajstić information content (AvgIpc) is 2.25. The number of carbonyl (C=O) groups is 1. The van der Waals surface area contributed by atoms with Crippen LogP contribution in [-0.4, -0.2) is 30.1 Å². The Morgan fingerprint density at radius 3 is 2.88 bits per heavy atom. The van der Waals surface area contributed by atoms with Crippen molar-refractivity contribution in [1.29, 1.82) is 0 Å². The van der Waals surface area contributed by atoms with Gasteiger partial charge in [0.2, 0.25) is 5.91 Å². The van der Waals surface area contributed by atoms with Gasteiger partial charge >= 0.3 is 0 Å². The first-order valence-electron chi connectivity index (χ1n) is 5.59. The van der Waals surface area contributed by atoms with Gasteiger partial charge in [-0.2, -0.15) is 11.8 Å². The lowest BCUT2D eigenvalue weighted by Crippen LogP contribution is -2.30. The molecule has 1 aliphatic heterocycles. The molecule has 0 atom stereocenters. The predicted molar refractivity (Wildman–Crippen MR) is 71.2 cm³/mol. The van der Waals surface area contributed by atoms with Crippen LogP contribution < -0.4 is 11.1 Å². The average molecular weight is 252 g/mol. The Bertz CT molecular complexity index is 394. The van der Waals surface area contributed by atoms with E-state index < -0.39 is 0 Å². The predicted octanol–water partition coefficient (Wildman–Crippen LogP) is 1.73. The first kappa shape index (κ1) is 12.3. The van der Waals surface area contributed by atoms with Crippen LogP contribution in [0.25, 0.3) is 0 Å². The maximum absolute atomic E-state index is 11.6. The van der Waals surface area contributed by atoms with Gasteiger partial charge in [-0.15, -0.1) is 0 Å². The highest BCUT2D eigenvalue weighted by molar-refractivity contribution is 8.00. The Morgan fingerprint density at radius 2 is 2.24 bits per heavy atom. The van der Waals surface area contributed by atoms with E-state index in [4.69, 9.17) is 10.5 Å². The fourth-order valence-electron chi connectivity index (χ4n) is 1.45. The van der Waals surface area contributed by atoms with Gasteiger partial charge in [0, 0.05) is 12.2 Å². The van der Waals surface area contributed by atoms with Crippen LogP contribution >= 0.6 is 11.8 Å². The first-order chi connectivity index (χ1) is 8.25. The second kappa shape index (κ2) is 5.93. The minimum absolute atomic E-state index is 0.00985. The molecule has 1 heterocycles. The molecule has 1 fully saturated rings. The van der Waals surface area contributed by atoms with Gasteiger partial charge in [0.15, 0.2) is 0 Å². The number of amides is 1. The number of ether oxygens (including phenoxy) is 1. The van der Waals surface area contributed by atoms with Gasteiger partial charge < -0.3 is 15.8 Å². The number of hydrogen-bond donors (Lipinski definition) is 2. The van der Waals surface area contributed by atoms with Gasteiger partial charge in [0.25, 0.3) is 0 Å². The summed E-state index contributed by atoms with van der Waals surface area (Å²) in [6, 6.07) is 7.28. The third-order valence-corrected chi connectivity index (χ3v) is 3.71. The zero-order valence-electron chi connectivity index (χ0n) is 9.52. The summed E-state index contributed by atoms with van der Waals surface area (Å²) in [6.07, 6.45) is 0.509. The minimum atomic E-state index is 0.00985. The molecule has 1 aromatic carbocycles. The summed E-state index contributed by atoms with van der Waals surface area (Å²) in [6.45, 7) is 1.63. The van der Waals surface area contributed by atoms with Crippen molar-refractivity contribution in [1.82, 2.24) is 0 Å². The summed E-state index contributed by atoms with van der Waals surface area (Å²) in [5, 5.41) is 3.39. The van der Waals surface area contributed by atoms with Gasteiger partial charge in [-0.25, -0.2) is 0 Å². The Morgan fingerprint density at radius 1 is 1.47 bits per heavy atom.